The average Bonchev–Trinajstić information content (AvgIpc) is 2.76. The Balaban J connectivity index is 1.87. The molecule has 0 atom stereocenters. The molecule has 0 unspecified atom stereocenters. The number of ether oxygens (including phenoxy) is 1. The third-order valence-corrected chi connectivity index (χ3v) is 6.04. The fraction of sp³-hybridized carbons (Fsp3) is 0.227. The zero-order valence-corrected chi connectivity index (χ0v) is 19.6. The molecule has 3 rings (SSSR count). The third-order valence-electron chi connectivity index (χ3n) is 5.00. The first-order valence-corrected chi connectivity index (χ1v) is 11.5. The van der Waals surface area contributed by atoms with Crippen LogP contribution < -0.4 is 25.5 Å². The summed E-state index contributed by atoms with van der Waals surface area (Å²) in [5.41, 5.74) is 6.87. The molecule has 0 saturated carbocycles. The fourth-order valence-corrected chi connectivity index (χ4v) is 3.81. The summed E-state index contributed by atoms with van der Waals surface area (Å²) in [7, 11) is -1.02. The minimum atomic E-state index is -3.67. The molecule has 34 heavy (non-hydrogen) atoms. The van der Waals surface area contributed by atoms with Gasteiger partial charge in [0, 0.05) is 37.5 Å². The van der Waals surface area contributed by atoms with Gasteiger partial charge in [-0.3, -0.25) is 9.52 Å². The molecule has 0 aliphatic heterocycles. The Morgan fingerprint density at radius 3 is 2.59 bits per heavy atom. The smallest absolute Gasteiger partial charge is 0.415 e. The lowest BCUT2D eigenvalue weighted by molar-refractivity contribution is -0.118. The first-order chi connectivity index (χ1) is 16.0. The van der Waals surface area contributed by atoms with Crippen molar-refractivity contribution < 1.29 is 27.2 Å². The number of carbonyl (C=O) groups is 2. The highest BCUT2D eigenvalue weighted by atomic mass is 32.2. The summed E-state index contributed by atoms with van der Waals surface area (Å²) in [6, 6.07) is 11.3. The number of nitrogens with zero attached hydrogens (tertiary/aromatic N) is 1. The SMILES string of the molecule is CNS(=O)(=O)Nc1cccc(Cc2c(C)c3ccc(OC(=O)N(C)CC(N)=O)cc3oc2=O)c1. The number of nitrogens with two attached hydrogens (primary N) is 1. The number of likely N-dealkylation sites (N-methyl/N-ethyl adjacent to an activating group) is 1. The summed E-state index contributed by atoms with van der Waals surface area (Å²) < 4.78 is 38.7. The van der Waals surface area contributed by atoms with Gasteiger partial charge in [0.05, 0.1) is 5.69 Å². The molecule has 2 aromatic carbocycles. The van der Waals surface area contributed by atoms with Crippen LogP contribution in [0.3, 0.4) is 0 Å². The number of hydrogen-bond donors (Lipinski definition) is 3. The van der Waals surface area contributed by atoms with Gasteiger partial charge in [-0.25, -0.2) is 14.3 Å². The maximum absolute atomic E-state index is 12.7. The van der Waals surface area contributed by atoms with Gasteiger partial charge in [-0.2, -0.15) is 8.42 Å². The van der Waals surface area contributed by atoms with Crippen molar-refractivity contribution in [2.24, 2.45) is 5.73 Å². The minimum Gasteiger partial charge on any atom is -0.422 e. The number of fused-ring (bicyclic) bond motifs is 1. The molecular formula is C22H24N4O7S. The van der Waals surface area contributed by atoms with Gasteiger partial charge in [-0.1, -0.05) is 12.1 Å². The molecule has 0 saturated heterocycles. The van der Waals surface area contributed by atoms with Crippen LogP contribution in [0.5, 0.6) is 5.75 Å². The highest BCUT2D eigenvalue weighted by Crippen LogP contribution is 2.26. The Labute approximate surface area is 195 Å². The number of aryl methyl sites for hydroxylation is 1. The first kappa shape index (κ1) is 24.7. The van der Waals surface area contributed by atoms with E-state index in [0.29, 0.717) is 27.8 Å². The molecule has 0 fully saturated rings. The van der Waals surface area contributed by atoms with E-state index in [0.717, 1.165) is 4.90 Å². The van der Waals surface area contributed by atoms with E-state index in [1.807, 2.05) is 0 Å². The van der Waals surface area contributed by atoms with Gasteiger partial charge in [0.2, 0.25) is 5.91 Å². The zero-order valence-electron chi connectivity index (χ0n) is 18.7. The summed E-state index contributed by atoms with van der Waals surface area (Å²) in [5.74, 6) is -0.550. The molecule has 1 heterocycles. The van der Waals surface area contributed by atoms with Crippen LogP contribution in [-0.2, 0) is 21.4 Å². The predicted molar refractivity (Wildman–Crippen MR) is 126 cm³/mol. The van der Waals surface area contributed by atoms with Crippen molar-refractivity contribution in [3.05, 3.63) is 69.6 Å². The molecule has 12 heteroatoms. The Morgan fingerprint density at radius 1 is 1.18 bits per heavy atom. The van der Waals surface area contributed by atoms with E-state index in [4.69, 9.17) is 14.9 Å². The molecule has 180 valence electrons. The molecule has 0 bridgehead atoms. The number of primary amides is 1. The Morgan fingerprint density at radius 2 is 1.91 bits per heavy atom. The van der Waals surface area contributed by atoms with Crippen LogP contribution in [0.4, 0.5) is 10.5 Å². The van der Waals surface area contributed by atoms with Crippen molar-refractivity contribution in [2.45, 2.75) is 13.3 Å². The van der Waals surface area contributed by atoms with Gasteiger partial charge in [-0.05, 0) is 42.3 Å². The van der Waals surface area contributed by atoms with Crippen LogP contribution >= 0.6 is 0 Å². The van der Waals surface area contributed by atoms with E-state index in [1.54, 1.807) is 43.3 Å². The van der Waals surface area contributed by atoms with Crippen molar-refractivity contribution in [3.63, 3.8) is 0 Å². The van der Waals surface area contributed by atoms with E-state index >= 15 is 0 Å². The number of benzene rings is 2. The van der Waals surface area contributed by atoms with Crippen molar-refractivity contribution in [1.29, 1.82) is 0 Å². The van der Waals surface area contributed by atoms with Gasteiger partial charge >= 0.3 is 11.7 Å². The second kappa shape index (κ2) is 9.93. The quantitative estimate of drug-likeness (QED) is 0.405. The highest BCUT2D eigenvalue weighted by molar-refractivity contribution is 7.90. The third kappa shape index (κ3) is 5.91. The van der Waals surface area contributed by atoms with Crippen LogP contribution in [0.25, 0.3) is 11.0 Å². The number of nitrogens with one attached hydrogen (secondary N) is 2. The summed E-state index contributed by atoms with van der Waals surface area (Å²) in [6.45, 7) is 1.47. The van der Waals surface area contributed by atoms with Crippen LogP contribution in [0.15, 0.2) is 51.7 Å². The number of rotatable bonds is 8. The second-order valence-electron chi connectivity index (χ2n) is 7.53. The molecule has 4 N–H and O–H groups in total. The summed E-state index contributed by atoms with van der Waals surface area (Å²) in [5, 5.41) is 0.645. The van der Waals surface area contributed by atoms with E-state index in [2.05, 4.69) is 9.44 Å². The molecule has 0 radical (unpaired) electrons. The standard InChI is InChI=1S/C22H24N4O7S/c1-13-17-8-7-16(32-22(29)26(3)12-20(23)27)11-19(17)33-21(28)18(13)10-14-5-4-6-15(9-14)25-34(30,31)24-2/h4-9,11,24-25H,10,12H2,1-3H3,(H2,23,27). The number of carbonyl (C=O) groups excluding carboxylic acids is 2. The minimum absolute atomic E-state index is 0.133. The van der Waals surface area contributed by atoms with Gasteiger partial charge < -0.3 is 19.8 Å². The van der Waals surface area contributed by atoms with Gasteiger partial charge in [0.25, 0.3) is 10.2 Å². The largest absolute Gasteiger partial charge is 0.422 e. The van der Waals surface area contributed by atoms with Crippen molar-refractivity contribution >= 4 is 38.9 Å². The number of amides is 2. The summed E-state index contributed by atoms with van der Waals surface area (Å²) >= 11 is 0. The molecule has 0 spiro atoms. The van der Waals surface area contributed by atoms with E-state index in [-0.39, 0.29) is 24.3 Å². The lowest BCUT2D eigenvalue weighted by atomic mass is 9.99. The number of hydrogen-bond acceptors (Lipinski definition) is 7. The predicted octanol–water partition coefficient (Wildman–Crippen LogP) is 1.48. The molecule has 0 aliphatic rings. The number of anilines is 1. The first-order valence-electron chi connectivity index (χ1n) is 10.1. The van der Waals surface area contributed by atoms with Crippen LogP contribution in [0.2, 0.25) is 0 Å². The molecule has 3 aromatic rings. The van der Waals surface area contributed by atoms with Crippen molar-refractivity contribution in [1.82, 2.24) is 9.62 Å². The van der Waals surface area contributed by atoms with Gasteiger partial charge in [0.15, 0.2) is 0 Å². The van der Waals surface area contributed by atoms with Crippen LogP contribution in [-0.4, -0.2) is 46.0 Å². The van der Waals surface area contributed by atoms with Crippen molar-refractivity contribution in [2.75, 3.05) is 25.4 Å². The van der Waals surface area contributed by atoms with Gasteiger partial charge in [-0.15, -0.1) is 0 Å². The van der Waals surface area contributed by atoms with Crippen LogP contribution in [0, 0.1) is 6.92 Å². The van der Waals surface area contributed by atoms with Gasteiger partial charge in [0.1, 0.15) is 17.9 Å². The monoisotopic (exact) mass is 488 g/mol. The lowest BCUT2D eigenvalue weighted by Gasteiger charge is -2.15. The normalized spacial score (nSPS) is 11.3. The second-order valence-corrected chi connectivity index (χ2v) is 9.15. The topological polar surface area (TPSA) is 161 Å². The van der Waals surface area contributed by atoms with Crippen LogP contribution in [0.1, 0.15) is 16.7 Å². The van der Waals surface area contributed by atoms with Crippen molar-refractivity contribution in [3.8, 4) is 5.75 Å². The molecule has 2 amide bonds. The maximum Gasteiger partial charge on any atom is 0.415 e. The zero-order chi connectivity index (χ0) is 25.0. The molecular weight excluding hydrogens is 464 g/mol. The Kier molecular flexibility index (Phi) is 7.23. The summed E-state index contributed by atoms with van der Waals surface area (Å²) in [6.07, 6.45) is -0.573. The maximum atomic E-state index is 12.7. The highest BCUT2D eigenvalue weighted by Gasteiger charge is 2.17. The molecule has 1 aromatic heterocycles. The Bertz CT molecular complexity index is 1420. The molecule has 11 nitrogen and oxygen atoms in total. The summed E-state index contributed by atoms with van der Waals surface area (Å²) in [4.78, 5) is 36.8. The van der Waals surface area contributed by atoms with E-state index < -0.39 is 27.8 Å². The van der Waals surface area contributed by atoms with E-state index in [1.165, 1.54) is 20.2 Å². The van der Waals surface area contributed by atoms with E-state index in [9.17, 15) is 22.8 Å². The fourth-order valence-electron chi connectivity index (χ4n) is 3.27. The average molecular weight is 489 g/mol. The molecule has 0 aliphatic carbocycles. The lowest BCUT2D eigenvalue weighted by Crippen LogP contribution is -2.37. The Hall–Kier alpha value is -3.90.